The predicted octanol–water partition coefficient (Wildman–Crippen LogP) is 10.9. The molecule has 3 heterocycles. The van der Waals surface area contributed by atoms with Gasteiger partial charge in [0.15, 0.2) is 5.82 Å². The molecule has 0 atom stereocenters. The molecule has 0 fully saturated rings. The first-order valence-corrected chi connectivity index (χ1v) is 16.0. The molecule has 4 nitrogen and oxygen atoms in total. The normalized spacial score (nSPS) is 10.9. The lowest BCUT2D eigenvalue weighted by Gasteiger charge is -2.14. The Kier molecular flexibility index (Phi) is 7.87. The van der Waals surface area contributed by atoms with Gasteiger partial charge in [-0.1, -0.05) is 109 Å². The molecule has 226 valence electrons. The second-order valence-corrected chi connectivity index (χ2v) is 11.6. The summed E-state index contributed by atoms with van der Waals surface area (Å²) in [5.74, 6) is 0.656. The first kappa shape index (κ1) is 28.9. The van der Waals surface area contributed by atoms with Gasteiger partial charge < -0.3 is 0 Å². The van der Waals surface area contributed by atoms with E-state index in [4.69, 9.17) is 9.97 Å². The highest BCUT2D eigenvalue weighted by atomic mass is 14.9. The molecule has 8 aromatic rings. The minimum absolute atomic E-state index is 0.656. The second kappa shape index (κ2) is 13.1. The molecular weight excluding hydrogens is 585 g/mol. The van der Waals surface area contributed by atoms with Crippen molar-refractivity contribution in [3.05, 3.63) is 182 Å². The topological polar surface area (TPSA) is 51.6 Å². The molecule has 0 aliphatic heterocycles. The summed E-state index contributed by atoms with van der Waals surface area (Å²) in [5, 5.41) is 0. The minimum Gasteiger partial charge on any atom is -0.256 e. The highest BCUT2D eigenvalue weighted by molar-refractivity contribution is 5.82. The van der Waals surface area contributed by atoms with Crippen LogP contribution in [0.4, 0.5) is 0 Å². The zero-order valence-electron chi connectivity index (χ0n) is 26.1. The van der Waals surface area contributed by atoms with E-state index in [-0.39, 0.29) is 0 Å². The lowest BCUT2D eigenvalue weighted by molar-refractivity contribution is 1.18. The van der Waals surface area contributed by atoms with E-state index in [9.17, 15) is 0 Å². The van der Waals surface area contributed by atoms with Gasteiger partial charge >= 0.3 is 0 Å². The highest BCUT2D eigenvalue weighted by Gasteiger charge is 2.15. The van der Waals surface area contributed by atoms with Crippen LogP contribution >= 0.6 is 0 Å². The number of pyridine rings is 2. The van der Waals surface area contributed by atoms with Crippen LogP contribution in [0.2, 0.25) is 0 Å². The summed E-state index contributed by atoms with van der Waals surface area (Å²) in [6, 6.07) is 58.4. The molecule has 4 heteroatoms. The third-order valence-corrected chi connectivity index (χ3v) is 8.37. The average Bonchev–Trinajstić information content (AvgIpc) is 3.19. The Morgan fingerprint density at radius 3 is 1.06 bits per heavy atom. The van der Waals surface area contributed by atoms with Crippen LogP contribution in [0.3, 0.4) is 0 Å². The fourth-order valence-electron chi connectivity index (χ4n) is 5.97. The van der Waals surface area contributed by atoms with Crippen LogP contribution in [0.15, 0.2) is 182 Å². The smallest absolute Gasteiger partial charge is 0.160 e. The minimum atomic E-state index is 0.656. The Bertz CT molecular complexity index is 2160. The van der Waals surface area contributed by atoms with E-state index in [0.717, 1.165) is 72.8 Å². The fourth-order valence-corrected chi connectivity index (χ4v) is 5.97. The maximum atomic E-state index is 5.24. The standard InChI is InChI=1S/C44H30N4/c1-3-13-31(14-4-1)37-27-38(32-15-5-2-6-16-32)29-39(28-37)44-47-42(35-19-11-17-33(25-35)40-21-7-9-23-45-40)30-43(48-44)36-20-12-18-34(26-36)41-22-8-10-24-46-41/h1-30H. The van der Waals surface area contributed by atoms with E-state index in [0.29, 0.717) is 5.82 Å². The Hall–Kier alpha value is -6.52. The Morgan fingerprint density at radius 1 is 0.250 bits per heavy atom. The van der Waals surface area contributed by atoms with E-state index >= 15 is 0 Å². The zero-order chi connectivity index (χ0) is 32.1. The van der Waals surface area contributed by atoms with Crippen molar-refractivity contribution in [3.63, 3.8) is 0 Å². The lowest BCUT2D eigenvalue weighted by atomic mass is 9.95. The van der Waals surface area contributed by atoms with E-state index in [1.807, 2.05) is 60.9 Å². The molecule has 3 aromatic heterocycles. The van der Waals surface area contributed by atoms with Gasteiger partial charge in [-0.3, -0.25) is 9.97 Å². The van der Waals surface area contributed by atoms with E-state index in [2.05, 4.69) is 131 Å². The number of hydrogen-bond donors (Lipinski definition) is 0. The first-order chi connectivity index (χ1) is 23.8. The van der Waals surface area contributed by atoms with Gasteiger partial charge in [0.05, 0.1) is 22.8 Å². The number of hydrogen-bond acceptors (Lipinski definition) is 4. The molecule has 0 aliphatic carbocycles. The van der Waals surface area contributed by atoms with Crippen LogP contribution in [-0.2, 0) is 0 Å². The van der Waals surface area contributed by atoms with Crippen molar-refractivity contribution in [2.45, 2.75) is 0 Å². The predicted molar refractivity (Wildman–Crippen MR) is 196 cm³/mol. The van der Waals surface area contributed by atoms with Gasteiger partial charge in [0.25, 0.3) is 0 Å². The van der Waals surface area contributed by atoms with Gasteiger partial charge in [-0.2, -0.15) is 0 Å². The fraction of sp³-hybridized carbons (Fsp3) is 0. The number of aromatic nitrogens is 4. The van der Waals surface area contributed by atoms with Crippen LogP contribution in [0.1, 0.15) is 0 Å². The summed E-state index contributed by atoms with van der Waals surface area (Å²) in [4.78, 5) is 19.7. The highest BCUT2D eigenvalue weighted by Crippen LogP contribution is 2.35. The van der Waals surface area contributed by atoms with Crippen molar-refractivity contribution >= 4 is 0 Å². The molecule has 0 unspecified atom stereocenters. The van der Waals surface area contributed by atoms with Gasteiger partial charge in [-0.25, -0.2) is 9.97 Å². The summed E-state index contributed by atoms with van der Waals surface area (Å²) < 4.78 is 0. The molecule has 0 spiro atoms. The van der Waals surface area contributed by atoms with Gasteiger partial charge in [0.1, 0.15) is 0 Å². The molecule has 0 aliphatic rings. The van der Waals surface area contributed by atoms with Crippen LogP contribution in [-0.4, -0.2) is 19.9 Å². The van der Waals surface area contributed by atoms with Crippen LogP contribution in [0.25, 0.3) is 78.7 Å². The van der Waals surface area contributed by atoms with Crippen molar-refractivity contribution in [1.29, 1.82) is 0 Å². The second-order valence-electron chi connectivity index (χ2n) is 11.6. The van der Waals surface area contributed by atoms with Crippen molar-refractivity contribution in [2.24, 2.45) is 0 Å². The quantitative estimate of drug-likeness (QED) is 0.179. The molecule has 0 amide bonds. The molecular formula is C44H30N4. The Morgan fingerprint density at radius 2 is 0.625 bits per heavy atom. The summed E-state index contributed by atoms with van der Waals surface area (Å²) >= 11 is 0. The molecule has 0 saturated carbocycles. The molecule has 0 N–H and O–H groups in total. The van der Waals surface area contributed by atoms with Crippen LogP contribution < -0.4 is 0 Å². The third-order valence-electron chi connectivity index (χ3n) is 8.37. The molecule has 48 heavy (non-hydrogen) atoms. The van der Waals surface area contributed by atoms with Gasteiger partial charge in [-0.15, -0.1) is 0 Å². The van der Waals surface area contributed by atoms with Crippen LogP contribution in [0.5, 0.6) is 0 Å². The van der Waals surface area contributed by atoms with Gasteiger partial charge in [0, 0.05) is 40.2 Å². The van der Waals surface area contributed by atoms with Gasteiger partial charge in [0.2, 0.25) is 0 Å². The maximum Gasteiger partial charge on any atom is 0.160 e. The molecule has 0 saturated heterocycles. The number of nitrogens with zero attached hydrogens (tertiary/aromatic N) is 4. The number of rotatable bonds is 7. The lowest BCUT2D eigenvalue weighted by Crippen LogP contribution is -1.97. The number of benzene rings is 5. The van der Waals surface area contributed by atoms with Crippen molar-refractivity contribution in [3.8, 4) is 78.7 Å². The summed E-state index contributed by atoms with van der Waals surface area (Å²) in [5.41, 5.74) is 13.0. The van der Waals surface area contributed by atoms with Gasteiger partial charge in [-0.05, 0) is 82.9 Å². The SMILES string of the molecule is c1ccc(-c2cc(-c3ccccc3)cc(-c3nc(-c4cccc(-c5ccccn5)c4)cc(-c4cccc(-c5ccccn5)c4)n3)c2)cc1. The van der Waals surface area contributed by atoms with E-state index in [1.54, 1.807) is 0 Å². The summed E-state index contributed by atoms with van der Waals surface area (Å²) in [6.45, 7) is 0. The van der Waals surface area contributed by atoms with Crippen molar-refractivity contribution in [2.75, 3.05) is 0 Å². The molecule has 0 bridgehead atoms. The molecule has 0 radical (unpaired) electrons. The van der Waals surface area contributed by atoms with Crippen LogP contribution in [0, 0.1) is 0 Å². The monoisotopic (exact) mass is 614 g/mol. The average molecular weight is 615 g/mol. The Balaban J connectivity index is 1.33. The largest absolute Gasteiger partial charge is 0.256 e. The first-order valence-electron chi connectivity index (χ1n) is 16.0. The van der Waals surface area contributed by atoms with Crippen molar-refractivity contribution < 1.29 is 0 Å². The molecule has 8 rings (SSSR count). The van der Waals surface area contributed by atoms with E-state index in [1.165, 1.54) is 0 Å². The summed E-state index contributed by atoms with van der Waals surface area (Å²) in [7, 11) is 0. The maximum absolute atomic E-state index is 5.24. The zero-order valence-corrected chi connectivity index (χ0v) is 26.1. The molecule has 5 aromatic carbocycles. The van der Waals surface area contributed by atoms with Crippen molar-refractivity contribution in [1.82, 2.24) is 19.9 Å². The summed E-state index contributed by atoms with van der Waals surface area (Å²) in [6.07, 6.45) is 3.64. The Labute approximate surface area is 280 Å². The van der Waals surface area contributed by atoms with E-state index < -0.39 is 0 Å². The third kappa shape index (κ3) is 6.15.